The highest BCUT2D eigenvalue weighted by Crippen LogP contribution is 2.23. The van der Waals surface area contributed by atoms with Gasteiger partial charge in [-0.15, -0.1) is 13.2 Å². The summed E-state index contributed by atoms with van der Waals surface area (Å²) in [6, 6.07) is 5.48. The molecule has 1 aliphatic heterocycles. The lowest BCUT2D eigenvalue weighted by Crippen LogP contribution is -2.31. The highest BCUT2D eigenvalue weighted by Gasteiger charge is 2.31. The SMILES string of the molecule is CN1CNC=C1C(=O)NCc1cccc(OC(F)(F)F)c1. The standard InChI is InChI=1S/C13H14F3N3O2/c1-19-8-17-7-11(19)12(20)18-6-9-3-2-4-10(5-9)21-13(14,15)16/h2-5,7,17H,6,8H2,1H3,(H,18,20). The molecule has 1 aromatic carbocycles. The molecule has 114 valence electrons. The number of carbonyl (C=O) groups excluding carboxylic acids is 1. The lowest BCUT2D eigenvalue weighted by molar-refractivity contribution is -0.274. The van der Waals surface area contributed by atoms with Gasteiger partial charge in [-0.1, -0.05) is 12.1 Å². The molecule has 0 aromatic heterocycles. The average Bonchev–Trinajstić information content (AvgIpc) is 2.81. The molecule has 0 fully saturated rings. The number of halogens is 3. The first-order valence-electron chi connectivity index (χ1n) is 6.13. The van der Waals surface area contributed by atoms with E-state index >= 15 is 0 Å². The minimum Gasteiger partial charge on any atom is -0.406 e. The van der Waals surface area contributed by atoms with Crippen LogP contribution >= 0.6 is 0 Å². The summed E-state index contributed by atoms with van der Waals surface area (Å²) < 4.78 is 40.2. The van der Waals surface area contributed by atoms with E-state index in [4.69, 9.17) is 0 Å². The minimum atomic E-state index is -4.73. The maximum atomic E-state index is 12.1. The number of hydrogen-bond donors (Lipinski definition) is 2. The van der Waals surface area contributed by atoms with Crippen LogP contribution in [0.5, 0.6) is 5.75 Å². The first kappa shape index (κ1) is 15.0. The Balaban J connectivity index is 1.94. The molecule has 21 heavy (non-hydrogen) atoms. The molecule has 0 atom stereocenters. The van der Waals surface area contributed by atoms with Crippen molar-refractivity contribution >= 4 is 5.91 Å². The highest BCUT2D eigenvalue weighted by molar-refractivity contribution is 5.92. The van der Waals surface area contributed by atoms with Gasteiger partial charge in [-0.25, -0.2) is 0 Å². The van der Waals surface area contributed by atoms with Crippen LogP contribution in [0.25, 0.3) is 0 Å². The smallest absolute Gasteiger partial charge is 0.406 e. The van der Waals surface area contributed by atoms with Gasteiger partial charge in [0, 0.05) is 19.8 Å². The Kier molecular flexibility index (Phi) is 4.25. The molecule has 5 nitrogen and oxygen atoms in total. The Morgan fingerprint density at radius 2 is 2.24 bits per heavy atom. The summed E-state index contributed by atoms with van der Waals surface area (Å²) in [6.45, 7) is 0.650. The van der Waals surface area contributed by atoms with E-state index in [1.54, 1.807) is 24.2 Å². The van der Waals surface area contributed by atoms with E-state index in [2.05, 4.69) is 15.4 Å². The molecule has 2 N–H and O–H groups in total. The fourth-order valence-electron chi connectivity index (χ4n) is 1.84. The zero-order chi connectivity index (χ0) is 15.5. The van der Waals surface area contributed by atoms with E-state index in [0.29, 0.717) is 17.9 Å². The summed E-state index contributed by atoms with van der Waals surface area (Å²) in [5, 5.41) is 5.53. The van der Waals surface area contributed by atoms with Crippen LogP contribution in [0.1, 0.15) is 5.56 Å². The number of carbonyl (C=O) groups is 1. The molecule has 8 heteroatoms. The number of alkyl halides is 3. The van der Waals surface area contributed by atoms with Crippen molar-refractivity contribution in [2.45, 2.75) is 12.9 Å². The Morgan fingerprint density at radius 3 is 2.86 bits per heavy atom. The molecule has 1 aromatic rings. The highest BCUT2D eigenvalue weighted by atomic mass is 19.4. The van der Waals surface area contributed by atoms with Crippen LogP contribution < -0.4 is 15.4 Å². The second kappa shape index (κ2) is 5.94. The summed E-state index contributed by atoms with van der Waals surface area (Å²) in [7, 11) is 1.75. The number of likely N-dealkylation sites (N-methyl/N-ethyl adjacent to an activating group) is 1. The molecule has 0 unspecified atom stereocenters. The molecule has 2 rings (SSSR count). The largest absolute Gasteiger partial charge is 0.573 e. The first-order chi connectivity index (χ1) is 9.85. The third kappa shape index (κ3) is 4.30. The van der Waals surface area contributed by atoms with Crippen LogP contribution in [0, 0.1) is 0 Å². The predicted molar refractivity (Wildman–Crippen MR) is 68.8 cm³/mol. The van der Waals surface area contributed by atoms with Gasteiger partial charge in [-0.05, 0) is 17.7 Å². The fraction of sp³-hybridized carbons (Fsp3) is 0.308. The maximum absolute atomic E-state index is 12.1. The quantitative estimate of drug-likeness (QED) is 0.886. The van der Waals surface area contributed by atoms with Crippen molar-refractivity contribution < 1.29 is 22.7 Å². The Hall–Kier alpha value is -2.38. The molecule has 0 spiro atoms. The van der Waals surface area contributed by atoms with Gasteiger partial charge < -0.3 is 20.3 Å². The van der Waals surface area contributed by atoms with Gasteiger partial charge in [0.05, 0.1) is 6.67 Å². The first-order valence-corrected chi connectivity index (χ1v) is 6.13. The van der Waals surface area contributed by atoms with Crippen molar-refractivity contribution in [1.82, 2.24) is 15.5 Å². The molecule has 0 saturated carbocycles. The molecule has 1 heterocycles. The summed E-state index contributed by atoms with van der Waals surface area (Å²) >= 11 is 0. The third-order valence-electron chi connectivity index (χ3n) is 2.80. The van der Waals surface area contributed by atoms with Crippen LogP contribution in [0.15, 0.2) is 36.2 Å². The number of nitrogens with one attached hydrogen (secondary N) is 2. The topological polar surface area (TPSA) is 53.6 Å². The van der Waals surface area contributed by atoms with Gasteiger partial charge in [0.15, 0.2) is 0 Å². The van der Waals surface area contributed by atoms with Gasteiger partial charge in [-0.3, -0.25) is 4.79 Å². The summed E-state index contributed by atoms with van der Waals surface area (Å²) in [6.07, 6.45) is -3.15. The Bertz CT molecular complexity index is 558. The molecule has 0 bridgehead atoms. The number of amides is 1. The number of benzene rings is 1. The number of hydrogen-bond acceptors (Lipinski definition) is 4. The van der Waals surface area contributed by atoms with Gasteiger partial charge >= 0.3 is 6.36 Å². The van der Waals surface area contributed by atoms with Crippen LogP contribution in [0.3, 0.4) is 0 Å². The molecule has 0 aliphatic carbocycles. The lowest BCUT2D eigenvalue weighted by Gasteiger charge is -2.14. The lowest BCUT2D eigenvalue weighted by atomic mass is 10.2. The molecule has 0 radical (unpaired) electrons. The second-order valence-electron chi connectivity index (χ2n) is 4.47. The molecule has 1 amide bonds. The van der Waals surface area contributed by atoms with E-state index in [9.17, 15) is 18.0 Å². The molecular formula is C13H14F3N3O2. The molecule has 1 aliphatic rings. The number of ether oxygens (including phenoxy) is 1. The maximum Gasteiger partial charge on any atom is 0.573 e. The van der Waals surface area contributed by atoms with Crippen molar-refractivity contribution in [2.24, 2.45) is 0 Å². The van der Waals surface area contributed by atoms with E-state index < -0.39 is 6.36 Å². The van der Waals surface area contributed by atoms with Crippen molar-refractivity contribution in [3.63, 3.8) is 0 Å². The summed E-state index contributed by atoms with van der Waals surface area (Å²) in [4.78, 5) is 13.6. The van der Waals surface area contributed by atoms with Gasteiger partial charge in [0.1, 0.15) is 11.4 Å². The van der Waals surface area contributed by atoms with Crippen molar-refractivity contribution in [3.05, 3.63) is 41.7 Å². The van der Waals surface area contributed by atoms with Crippen molar-refractivity contribution in [2.75, 3.05) is 13.7 Å². The summed E-state index contributed by atoms with van der Waals surface area (Å²) in [5.41, 5.74) is 0.983. The summed E-state index contributed by atoms with van der Waals surface area (Å²) in [5.74, 6) is -0.613. The minimum absolute atomic E-state index is 0.110. The molecular weight excluding hydrogens is 287 g/mol. The normalized spacial score (nSPS) is 14.5. The van der Waals surface area contributed by atoms with E-state index in [-0.39, 0.29) is 18.2 Å². The van der Waals surface area contributed by atoms with Crippen molar-refractivity contribution in [1.29, 1.82) is 0 Å². The monoisotopic (exact) mass is 301 g/mol. The van der Waals surface area contributed by atoms with Gasteiger partial charge in [0.25, 0.3) is 5.91 Å². The Labute approximate surface area is 119 Å². The number of nitrogens with zero attached hydrogens (tertiary/aromatic N) is 1. The van der Waals surface area contributed by atoms with Crippen LogP contribution in [0.4, 0.5) is 13.2 Å². The van der Waals surface area contributed by atoms with Crippen LogP contribution in [-0.4, -0.2) is 30.9 Å². The zero-order valence-electron chi connectivity index (χ0n) is 11.2. The zero-order valence-corrected chi connectivity index (χ0v) is 11.2. The van der Waals surface area contributed by atoms with Crippen LogP contribution in [-0.2, 0) is 11.3 Å². The van der Waals surface area contributed by atoms with E-state index in [1.165, 1.54) is 18.2 Å². The van der Waals surface area contributed by atoms with E-state index in [0.717, 1.165) is 0 Å². The van der Waals surface area contributed by atoms with Gasteiger partial charge in [0.2, 0.25) is 0 Å². The van der Waals surface area contributed by atoms with Crippen molar-refractivity contribution in [3.8, 4) is 5.75 Å². The Morgan fingerprint density at radius 1 is 1.48 bits per heavy atom. The second-order valence-corrected chi connectivity index (χ2v) is 4.47. The molecule has 0 saturated heterocycles. The predicted octanol–water partition coefficient (Wildman–Crippen LogP) is 1.54. The van der Waals surface area contributed by atoms with Crippen LogP contribution in [0.2, 0.25) is 0 Å². The average molecular weight is 301 g/mol. The van der Waals surface area contributed by atoms with E-state index in [1.807, 2.05) is 0 Å². The third-order valence-corrected chi connectivity index (χ3v) is 2.80. The van der Waals surface area contributed by atoms with Gasteiger partial charge in [-0.2, -0.15) is 0 Å². The fourth-order valence-corrected chi connectivity index (χ4v) is 1.84. The number of rotatable bonds is 4.